The minimum atomic E-state index is -0.596. The van der Waals surface area contributed by atoms with Crippen LogP contribution in [0.3, 0.4) is 0 Å². The fraction of sp³-hybridized carbons (Fsp3) is 0.0769. The normalized spacial score (nSPS) is 11.1. The highest BCUT2D eigenvalue weighted by atomic mass is 16.4. The van der Waals surface area contributed by atoms with E-state index in [1.54, 1.807) is 37.3 Å². The van der Waals surface area contributed by atoms with Crippen LogP contribution in [0.2, 0.25) is 0 Å². The van der Waals surface area contributed by atoms with Crippen LogP contribution in [0.25, 0.3) is 11.0 Å². The van der Waals surface area contributed by atoms with Crippen LogP contribution >= 0.6 is 0 Å². The van der Waals surface area contributed by atoms with Crippen molar-refractivity contribution in [2.75, 3.05) is 0 Å². The van der Waals surface area contributed by atoms with Crippen molar-refractivity contribution in [2.45, 2.75) is 6.92 Å². The molecule has 80 valence electrons. The van der Waals surface area contributed by atoms with E-state index in [4.69, 9.17) is 4.42 Å². The molecule has 0 atom stereocenters. The number of para-hydroxylation sites is 1. The van der Waals surface area contributed by atoms with E-state index >= 15 is 0 Å². The second-order valence-electron chi connectivity index (χ2n) is 3.35. The van der Waals surface area contributed by atoms with E-state index in [1.807, 2.05) is 6.07 Å². The lowest BCUT2D eigenvalue weighted by Crippen LogP contribution is -2.11. The summed E-state index contributed by atoms with van der Waals surface area (Å²) in [4.78, 5) is 23.1. The van der Waals surface area contributed by atoms with Crippen molar-refractivity contribution in [1.29, 1.82) is 0 Å². The Kier molecular flexibility index (Phi) is 2.68. The van der Waals surface area contributed by atoms with E-state index in [9.17, 15) is 9.59 Å². The number of hydrogen-bond donors (Lipinski definition) is 0. The third kappa shape index (κ3) is 1.80. The molecule has 0 bridgehead atoms. The van der Waals surface area contributed by atoms with Gasteiger partial charge in [0.05, 0.1) is 0 Å². The minimum absolute atomic E-state index is 0.0665. The predicted octanol–water partition coefficient (Wildman–Crippen LogP) is 2.55. The summed E-state index contributed by atoms with van der Waals surface area (Å²) < 4.78 is 5.05. The molecule has 0 aliphatic carbocycles. The van der Waals surface area contributed by atoms with Gasteiger partial charge >= 0.3 is 5.63 Å². The van der Waals surface area contributed by atoms with Gasteiger partial charge in [0.2, 0.25) is 0 Å². The number of carbonyl (C=O) groups excluding carboxylic acids is 1. The van der Waals surface area contributed by atoms with Crippen molar-refractivity contribution in [1.82, 2.24) is 0 Å². The molecule has 2 rings (SSSR count). The van der Waals surface area contributed by atoms with Crippen molar-refractivity contribution in [3.8, 4) is 0 Å². The van der Waals surface area contributed by atoms with E-state index in [-0.39, 0.29) is 11.3 Å². The summed E-state index contributed by atoms with van der Waals surface area (Å²) >= 11 is 0. The van der Waals surface area contributed by atoms with Crippen molar-refractivity contribution in [3.05, 3.63) is 58.5 Å². The largest absolute Gasteiger partial charge is 0.422 e. The fourth-order valence-electron chi connectivity index (χ4n) is 1.47. The van der Waals surface area contributed by atoms with Gasteiger partial charge in [-0.05, 0) is 25.1 Å². The van der Waals surface area contributed by atoms with Crippen molar-refractivity contribution >= 4 is 16.8 Å². The van der Waals surface area contributed by atoms with E-state index < -0.39 is 5.63 Å². The zero-order valence-corrected chi connectivity index (χ0v) is 8.77. The number of fused-ring (bicyclic) bond motifs is 1. The molecule has 0 saturated heterocycles. The van der Waals surface area contributed by atoms with E-state index in [0.717, 1.165) is 5.39 Å². The maximum absolute atomic E-state index is 11.6. The third-order valence-corrected chi connectivity index (χ3v) is 2.22. The van der Waals surface area contributed by atoms with Crippen molar-refractivity contribution in [3.63, 3.8) is 0 Å². The van der Waals surface area contributed by atoms with Gasteiger partial charge in [-0.25, -0.2) is 4.79 Å². The molecule has 1 heterocycles. The third-order valence-electron chi connectivity index (χ3n) is 2.22. The molecular weight excluding hydrogens is 204 g/mol. The van der Waals surface area contributed by atoms with Crippen LogP contribution in [0.1, 0.15) is 17.3 Å². The summed E-state index contributed by atoms with van der Waals surface area (Å²) in [5.41, 5.74) is -0.0388. The second kappa shape index (κ2) is 4.14. The van der Waals surface area contributed by atoms with Gasteiger partial charge in [0, 0.05) is 5.39 Å². The van der Waals surface area contributed by atoms with Crippen molar-refractivity contribution in [2.24, 2.45) is 0 Å². The summed E-state index contributed by atoms with van der Waals surface area (Å²) in [6.45, 7) is 1.72. The van der Waals surface area contributed by atoms with Gasteiger partial charge in [-0.1, -0.05) is 24.3 Å². The van der Waals surface area contributed by atoms with Crippen LogP contribution in [0.5, 0.6) is 0 Å². The molecule has 2 aromatic rings. The van der Waals surface area contributed by atoms with Gasteiger partial charge in [-0.3, -0.25) is 4.79 Å². The molecule has 0 saturated carbocycles. The zero-order valence-electron chi connectivity index (χ0n) is 8.77. The topological polar surface area (TPSA) is 47.3 Å². The number of benzene rings is 1. The van der Waals surface area contributed by atoms with Gasteiger partial charge in [-0.2, -0.15) is 0 Å². The van der Waals surface area contributed by atoms with E-state index in [0.29, 0.717) is 5.58 Å². The Labute approximate surface area is 92.0 Å². The molecule has 0 fully saturated rings. The summed E-state index contributed by atoms with van der Waals surface area (Å²) in [6.07, 6.45) is 2.94. The molecule has 0 amide bonds. The molecule has 0 unspecified atom stereocenters. The summed E-state index contributed by atoms with van der Waals surface area (Å²) in [7, 11) is 0. The molecule has 3 heteroatoms. The SMILES string of the molecule is CC=CC(=O)c1cc2ccccc2oc1=O. The molecule has 0 N–H and O–H groups in total. The highest BCUT2D eigenvalue weighted by molar-refractivity contribution is 6.05. The predicted molar refractivity (Wildman–Crippen MR) is 61.6 cm³/mol. The average Bonchev–Trinajstić information content (AvgIpc) is 2.28. The monoisotopic (exact) mass is 214 g/mol. The second-order valence-corrected chi connectivity index (χ2v) is 3.35. The lowest BCUT2D eigenvalue weighted by molar-refractivity contribution is 0.104. The quantitative estimate of drug-likeness (QED) is 0.438. The van der Waals surface area contributed by atoms with Gasteiger partial charge in [0.1, 0.15) is 11.1 Å². The Morgan fingerprint density at radius 1 is 1.31 bits per heavy atom. The molecule has 1 aromatic carbocycles. The summed E-state index contributed by atoms with van der Waals surface area (Å²) in [5, 5.41) is 0.745. The van der Waals surface area contributed by atoms with E-state index in [2.05, 4.69) is 0 Å². The number of allylic oxidation sites excluding steroid dienone is 2. The Bertz CT molecular complexity index is 620. The van der Waals surface area contributed by atoms with Crippen LogP contribution in [-0.4, -0.2) is 5.78 Å². The minimum Gasteiger partial charge on any atom is -0.422 e. The molecule has 0 radical (unpaired) electrons. The van der Waals surface area contributed by atoms with Crippen LogP contribution in [0.4, 0.5) is 0 Å². The molecule has 16 heavy (non-hydrogen) atoms. The summed E-state index contributed by atoms with van der Waals surface area (Å²) in [5.74, 6) is -0.331. The first-order valence-corrected chi connectivity index (χ1v) is 4.92. The number of carbonyl (C=O) groups is 1. The zero-order chi connectivity index (χ0) is 11.5. The van der Waals surface area contributed by atoms with Gasteiger partial charge in [0.25, 0.3) is 0 Å². The maximum atomic E-state index is 11.6. The number of rotatable bonds is 2. The van der Waals surface area contributed by atoms with Gasteiger partial charge < -0.3 is 4.42 Å². The van der Waals surface area contributed by atoms with Crippen LogP contribution < -0.4 is 5.63 Å². The smallest absolute Gasteiger partial charge is 0.347 e. The Balaban J connectivity index is 2.67. The lowest BCUT2D eigenvalue weighted by Gasteiger charge is -1.98. The number of hydrogen-bond acceptors (Lipinski definition) is 3. The lowest BCUT2D eigenvalue weighted by atomic mass is 10.1. The van der Waals surface area contributed by atoms with Gasteiger partial charge in [0.15, 0.2) is 5.78 Å². The molecule has 0 aliphatic rings. The first-order valence-electron chi connectivity index (χ1n) is 4.92. The average molecular weight is 214 g/mol. The molecular formula is C13H10O3. The van der Waals surface area contributed by atoms with Crippen molar-refractivity contribution < 1.29 is 9.21 Å². The highest BCUT2D eigenvalue weighted by Crippen LogP contribution is 2.12. The first kappa shape index (κ1) is 10.4. The molecule has 0 aliphatic heterocycles. The maximum Gasteiger partial charge on any atom is 0.347 e. The fourth-order valence-corrected chi connectivity index (χ4v) is 1.47. The molecule has 0 spiro atoms. The van der Waals surface area contributed by atoms with Crippen LogP contribution in [-0.2, 0) is 0 Å². The Hall–Kier alpha value is -2.16. The number of ketones is 1. The standard InChI is InChI=1S/C13H10O3/c1-2-5-11(14)10-8-9-6-3-4-7-12(9)16-13(10)15/h2-8H,1H3. The van der Waals surface area contributed by atoms with E-state index in [1.165, 1.54) is 6.08 Å². The molecule has 1 aromatic heterocycles. The van der Waals surface area contributed by atoms with Crippen LogP contribution in [0.15, 0.2) is 51.7 Å². The molecule has 3 nitrogen and oxygen atoms in total. The van der Waals surface area contributed by atoms with Gasteiger partial charge in [-0.15, -0.1) is 0 Å². The Morgan fingerprint density at radius 2 is 2.06 bits per heavy atom. The first-order chi connectivity index (χ1) is 7.72. The summed E-state index contributed by atoms with van der Waals surface area (Å²) in [6, 6.07) is 8.65. The Morgan fingerprint density at radius 3 is 2.81 bits per heavy atom. The van der Waals surface area contributed by atoms with Crippen LogP contribution in [0, 0.1) is 0 Å². The highest BCUT2D eigenvalue weighted by Gasteiger charge is 2.10.